The average molecular weight is 345 g/mol. The Morgan fingerprint density at radius 3 is 2.67 bits per heavy atom. The third-order valence-corrected chi connectivity index (χ3v) is 4.62. The largest absolute Gasteiger partial charge is 0.497 e. The Morgan fingerprint density at radius 1 is 1.25 bits per heavy atom. The van der Waals surface area contributed by atoms with Crippen molar-refractivity contribution in [3.63, 3.8) is 0 Å². The Balaban J connectivity index is 1.81. The highest BCUT2D eigenvalue weighted by Crippen LogP contribution is 2.34. The summed E-state index contributed by atoms with van der Waals surface area (Å²) in [6.07, 6.45) is 1.23. The summed E-state index contributed by atoms with van der Waals surface area (Å²) in [5, 5.41) is 10.7. The Morgan fingerprint density at radius 2 is 2.00 bits per heavy atom. The van der Waals surface area contributed by atoms with Gasteiger partial charge < -0.3 is 14.6 Å². The van der Waals surface area contributed by atoms with Gasteiger partial charge in [0.05, 0.1) is 19.0 Å². The van der Waals surface area contributed by atoms with E-state index in [-0.39, 0.29) is 6.10 Å². The van der Waals surface area contributed by atoms with E-state index in [4.69, 9.17) is 21.1 Å². The second kappa shape index (κ2) is 7.29. The first-order valence-corrected chi connectivity index (χ1v) is 8.36. The number of ether oxygens (including phenoxy) is 2. The highest BCUT2D eigenvalue weighted by molar-refractivity contribution is 6.31. The van der Waals surface area contributed by atoms with Crippen molar-refractivity contribution in [1.29, 1.82) is 0 Å². The molecule has 0 spiro atoms. The second-order valence-electron chi connectivity index (χ2n) is 6.11. The molecule has 24 heavy (non-hydrogen) atoms. The van der Waals surface area contributed by atoms with E-state index >= 15 is 0 Å². The Bertz CT molecular complexity index is 724. The second-order valence-corrected chi connectivity index (χ2v) is 6.52. The van der Waals surface area contributed by atoms with Crippen LogP contribution in [0.2, 0.25) is 5.02 Å². The van der Waals surface area contributed by atoms with Crippen molar-refractivity contribution in [1.82, 2.24) is 0 Å². The van der Waals surface area contributed by atoms with Gasteiger partial charge in [0.25, 0.3) is 0 Å². The molecule has 0 aromatic heterocycles. The lowest BCUT2D eigenvalue weighted by Crippen LogP contribution is -2.21. The van der Waals surface area contributed by atoms with E-state index in [2.05, 4.69) is 12.6 Å². The molecule has 0 radical (unpaired) electrons. The number of rotatable bonds is 4. The van der Waals surface area contributed by atoms with Crippen molar-refractivity contribution < 1.29 is 14.6 Å². The predicted molar refractivity (Wildman–Crippen MR) is 95.5 cm³/mol. The van der Waals surface area contributed by atoms with Crippen molar-refractivity contribution in [2.45, 2.75) is 31.5 Å². The minimum atomic E-state index is -0.406. The van der Waals surface area contributed by atoms with Gasteiger partial charge in [-0.2, -0.15) is 0 Å². The average Bonchev–Trinajstić information content (AvgIpc) is 2.56. The van der Waals surface area contributed by atoms with Gasteiger partial charge in [-0.25, -0.2) is 0 Å². The van der Waals surface area contributed by atoms with Crippen LogP contribution in [0.5, 0.6) is 5.75 Å². The molecule has 0 amide bonds. The molecule has 126 valence electrons. The molecule has 2 aromatic rings. The first-order chi connectivity index (χ1) is 11.5. The van der Waals surface area contributed by atoms with E-state index < -0.39 is 6.10 Å². The number of hydrogen-bond acceptors (Lipinski definition) is 3. The molecule has 1 fully saturated rings. The summed E-state index contributed by atoms with van der Waals surface area (Å²) in [5.74, 6) is 1.46. The van der Waals surface area contributed by atoms with Crippen molar-refractivity contribution in [2.24, 2.45) is 0 Å². The zero-order valence-electron chi connectivity index (χ0n) is 13.7. The number of aliphatic hydroxyl groups is 1. The van der Waals surface area contributed by atoms with Gasteiger partial charge in [0.2, 0.25) is 0 Å². The summed E-state index contributed by atoms with van der Waals surface area (Å²) >= 11 is 6.37. The topological polar surface area (TPSA) is 38.7 Å². The molecule has 2 unspecified atom stereocenters. The maximum Gasteiger partial charge on any atom is 0.126 e. The van der Waals surface area contributed by atoms with Crippen LogP contribution in [0.4, 0.5) is 0 Å². The first kappa shape index (κ1) is 16.9. The van der Waals surface area contributed by atoms with Crippen molar-refractivity contribution in [3.05, 3.63) is 76.5 Å². The zero-order chi connectivity index (χ0) is 17.1. The molecule has 2 aromatic carbocycles. The SMILES string of the molecule is C=C1CC(O)CC(c2ccc(Cl)c(Cc3ccc(OC)cc3)c2)O1. The third kappa shape index (κ3) is 3.92. The lowest BCUT2D eigenvalue weighted by Gasteiger charge is -2.29. The van der Waals surface area contributed by atoms with Gasteiger partial charge in [0, 0.05) is 17.9 Å². The van der Waals surface area contributed by atoms with E-state index in [0.29, 0.717) is 18.6 Å². The maximum absolute atomic E-state index is 9.94. The van der Waals surface area contributed by atoms with Gasteiger partial charge >= 0.3 is 0 Å². The monoisotopic (exact) mass is 344 g/mol. The number of hydrogen-bond donors (Lipinski definition) is 1. The van der Waals surface area contributed by atoms with E-state index in [0.717, 1.165) is 33.9 Å². The molecule has 1 aliphatic heterocycles. The number of halogens is 1. The van der Waals surface area contributed by atoms with Gasteiger partial charge in [-0.1, -0.05) is 42.4 Å². The summed E-state index contributed by atoms with van der Waals surface area (Å²) in [7, 11) is 1.65. The van der Waals surface area contributed by atoms with Crippen LogP contribution in [-0.4, -0.2) is 18.3 Å². The fraction of sp³-hybridized carbons (Fsp3) is 0.300. The molecule has 3 rings (SSSR count). The Hall–Kier alpha value is -1.97. The van der Waals surface area contributed by atoms with E-state index in [1.807, 2.05) is 36.4 Å². The van der Waals surface area contributed by atoms with Crippen molar-refractivity contribution in [3.8, 4) is 5.75 Å². The van der Waals surface area contributed by atoms with Gasteiger partial charge in [0.15, 0.2) is 0 Å². The molecular formula is C20H21ClO3. The minimum absolute atomic E-state index is 0.173. The van der Waals surface area contributed by atoms with E-state index in [1.165, 1.54) is 0 Å². The Labute approximate surface area is 147 Å². The van der Waals surface area contributed by atoms with E-state index in [1.54, 1.807) is 7.11 Å². The third-order valence-electron chi connectivity index (χ3n) is 4.25. The van der Waals surface area contributed by atoms with Crippen LogP contribution >= 0.6 is 11.6 Å². The van der Waals surface area contributed by atoms with Crippen LogP contribution in [0.25, 0.3) is 0 Å². The molecule has 0 aliphatic carbocycles. The number of methoxy groups -OCH3 is 1. The van der Waals surface area contributed by atoms with Crippen molar-refractivity contribution >= 4 is 11.6 Å². The molecule has 0 saturated carbocycles. The lowest BCUT2D eigenvalue weighted by atomic mass is 9.95. The molecule has 3 nitrogen and oxygen atoms in total. The maximum atomic E-state index is 9.94. The zero-order valence-corrected chi connectivity index (χ0v) is 14.4. The summed E-state index contributed by atoms with van der Waals surface area (Å²) in [6.45, 7) is 3.84. The Kier molecular flexibility index (Phi) is 5.12. The van der Waals surface area contributed by atoms with Crippen LogP contribution in [0.3, 0.4) is 0 Å². The van der Waals surface area contributed by atoms with Gasteiger partial charge in [-0.15, -0.1) is 0 Å². The molecule has 1 N–H and O–H groups in total. The highest BCUT2D eigenvalue weighted by atomic mass is 35.5. The number of benzene rings is 2. The molecule has 1 heterocycles. The summed E-state index contributed by atoms with van der Waals surface area (Å²) < 4.78 is 11.0. The van der Waals surface area contributed by atoms with Crippen LogP contribution in [0.1, 0.15) is 35.6 Å². The molecule has 1 saturated heterocycles. The van der Waals surface area contributed by atoms with Gasteiger partial charge in [0.1, 0.15) is 11.9 Å². The standard InChI is InChI=1S/C20H21ClO3/c1-13-9-17(22)12-20(24-13)15-5-8-19(21)16(11-15)10-14-3-6-18(23-2)7-4-14/h3-8,11,17,20,22H,1,9-10,12H2,2H3. The summed E-state index contributed by atoms with van der Waals surface area (Å²) in [6, 6.07) is 13.9. The lowest BCUT2D eigenvalue weighted by molar-refractivity contribution is 0.000975. The van der Waals surface area contributed by atoms with Crippen molar-refractivity contribution in [2.75, 3.05) is 7.11 Å². The van der Waals surface area contributed by atoms with Gasteiger partial charge in [-0.3, -0.25) is 0 Å². The molecule has 0 bridgehead atoms. The fourth-order valence-corrected chi connectivity index (χ4v) is 3.17. The highest BCUT2D eigenvalue weighted by Gasteiger charge is 2.25. The molecule has 2 atom stereocenters. The molecule has 1 aliphatic rings. The molecule has 4 heteroatoms. The normalized spacial score (nSPS) is 20.5. The minimum Gasteiger partial charge on any atom is -0.497 e. The van der Waals surface area contributed by atoms with Crippen LogP contribution < -0.4 is 4.74 Å². The number of aliphatic hydroxyl groups excluding tert-OH is 1. The van der Waals surface area contributed by atoms with Crippen LogP contribution in [-0.2, 0) is 11.2 Å². The first-order valence-electron chi connectivity index (χ1n) is 7.99. The fourth-order valence-electron chi connectivity index (χ4n) is 2.99. The summed E-state index contributed by atoms with van der Waals surface area (Å²) in [4.78, 5) is 0. The smallest absolute Gasteiger partial charge is 0.126 e. The quantitative estimate of drug-likeness (QED) is 0.876. The van der Waals surface area contributed by atoms with Crippen LogP contribution in [0.15, 0.2) is 54.8 Å². The predicted octanol–water partition coefficient (Wildman–Crippen LogP) is 4.67. The summed E-state index contributed by atoms with van der Waals surface area (Å²) in [5.41, 5.74) is 3.21. The van der Waals surface area contributed by atoms with Gasteiger partial charge in [-0.05, 0) is 41.3 Å². The van der Waals surface area contributed by atoms with Crippen LogP contribution in [0, 0.1) is 0 Å². The van der Waals surface area contributed by atoms with E-state index in [9.17, 15) is 5.11 Å². The molecular weight excluding hydrogens is 324 g/mol.